The van der Waals surface area contributed by atoms with Crippen LogP contribution in [-0.2, 0) is 20.7 Å². The first-order valence-corrected chi connectivity index (χ1v) is 7.93. The standard InChI is InChI=1S/C18H27NO4/c1-6-14(3)19(12-13(2)18(21)23-5)17(20)11-15-7-9-16(22-4)10-8-15/h7-10,13-14H,6,11-12H2,1-5H3. The van der Waals surface area contributed by atoms with Gasteiger partial charge in [0.2, 0.25) is 5.91 Å². The summed E-state index contributed by atoms with van der Waals surface area (Å²) in [4.78, 5) is 26.1. The molecule has 0 N–H and O–H groups in total. The van der Waals surface area contributed by atoms with E-state index in [9.17, 15) is 9.59 Å². The Bertz CT molecular complexity index is 512. The predicted octanol–water partition coefficient (Wildman–Crippen LogP) is 2.67. The maximum Gasteiger partial charge on any atom is 0.310 e. The van der Waals surface area contributed by atoms with E-state index in [0.717, 1.165) is 17.7 Å². The zero-order chi connectivity index (χ0) is 17.4. The molecular weight excluding hydrogens is 294 g/mol. The van der Waals surface area contributed by atoms with E-state index in [4.69, 9.17) is 9.47 Å². The van der Waals surface area contributed by atoms with E-state index >= 15 is 0 Å². The molecule has 0 spiro atoms. The van der Waals surface area contributed by atoms with Crippen LogP contribution in [0.1, 0.15) is 32.8 Å². The van der Waals surface area contributed by atoms with Gasteiger partial charge in [-0.3, -0.25) is 9.59 Å². The Balaban J connectivity index is 2.80. The van der Waals surface area contributed by atoms with Gasteiger partial charge in [-0.1, -0.05) is 26.0 Å². The highest BCUT2D eigenvalue weighted by Crippen LogP contribution is 2.15. The highest BCUT2D eigenvalue weighted by Gasteiger charge is 2.24. The van der Waals surface area contributed by atoms with E-state index in [0.29, 0.717) is 13.0 Å². The Morgan fingerprint density at radius 1 is 1.13 bits per heavy atom. The van der Waals surface area contributed by atoms with Gasteiger partial charge in [-0.05, 0) is 31.0 Å². The molecule has 0 fully saturated rings. The van der Waals surface area contributed by atoms with E-state index in [1.165, 1.54) is 7.11 Å². The molecular formula is C18H27NO4. The Morgan fingerprint density at radius 2 is 1.74 bits per heavy atom. The molecule has 128 valence electrons. The molecule has 0 aromatic heterocycles. The van der Waals surface area contributed by atoms with Crippen molar-refractivity contribution in [1.82, 2.24) is 4.90 Å². The highest BCUT2D eigenvalue weighted by atomic mass is 16.5. The van der Waals surface area contributed by atoms with Gasteiger partial charge in [0.05, 0.1) is 26.6 Å². The van der Waals surface area contributed by atoms with Gasteiger partial charge in [0.1, 0.15) is 5.75 Å². The molecule has 2 atom stereocenters. The van der Waals surface area contributed by atoms with E-state index in [-0.39, 0.29) is 23.8 Å². The average molecular weight is 321 g/mol. The van der Waals surface area contributed by atoms with Crippen molar-refractivity contribution in [2.24, 2.45) is 5.92 Å². The summed E-state index contributed by atoms with van der Waals surface area (Å²) >= 11 is 0. The van der Waals surface area contributed by atoms with Crippen LogP contribution in [0.2, 0.25) is 0 Å². The fraction of sp³-hybridized carbons (Fsp3) is 0.556. The molecule has 0 saturated carbocycles. The molecule has 0 bridgehead atoms. The van der Waals surface area contributed by atoms with Crippen molar-refractivity contribution in [3.63, 3.8) is 0 Å². The molecule has 5 nitrogen and oxygen atoms in total. The molecule has 5 heteroatoms. The van der Waals surface area contributed by atoms with E-state index < -0.39 is 0 Å². The summed E-state index contributed by atoms with van der Waals surface area (Å²) in [6.45, 7) is 6.18. The lowest BCUT2D eigenvalue weighted by Crippen LogP contribution is -2.43. The molecule has 2 unspecified atom stereocenters. The average Bonchev–Trinajstić information content (AvgIpc) is 2.58. The van der Waals surface area contributed by atoms with Crippen molar-refractivity contribution in [3.05, 3.63) is 29.8 Å². The van der Waals surface area contributed by atoms with Gasteiger partial charge in [-0.25, -0.2) is 0 Å². The summed E-state index contributed by atoms with van der Waals surface area (Å²) in [5, 5.41) is 0. The van der Waals surface area contributed by atoms with Crippen LogP contribution < -0.4 is 4.74 Å². The van der Waals surface area contributed by atoms with Crippen molar-refractivity contribution >= 4 is 11.9 Å². The van der Waals surface area contributed by atoms with Crippen LogP contribution in [-0.4, -0.2) is 43.6 Å². The van der Waals surface area contributed by atoms with Crippen molar-refractivity contribution in [2.45, 2.75) is 39.7 Å². The molecule has 0 aliphatic heterocycles. The summed E-state index contributed by atoms with van der Waals surface area (Å²) in [5.74, 6) is 0.143. The summed E-state index contributed by atoms with van der Waals surface area (Å²) in [7, 11) is 2.98. The van der Waals surface area contributed by atoms with Gasteiger partial charge in [0.25, 0.3) is 0 Å². The third kappa shape index (κ3) is 5.58. The molecule has 0 heterocycles. The molecule has 1 amide bonds. The lowest BCUT2D eigenvalue weighted by molar-refractivity contribution is -0.146. The van der Waals surface area contributed by atoms with Gasteiger partial charge in [-0.2, -0.15) is 0 Å². The smallest absolute Gasteiger partial charge is 0.310 e. The normalized spacial score (nSPS) is 13.1. The monoisotopic (exact) mass is 321 g/mol. The number of carbonyl (C=O) groups is 2. The maximum absolute atomic E-state index is 12.7. The summed E-state index contributed by atoms with van der Waals surface area (Å²) in [6.07, 6.45) is 1.14. The number of hydrogen-bond donors (Lipinski definition) is 0. The third-order valence-electron chi connectivity index (χ3n) is 4.03. The number of hydrogen-bond acceptors (Lipinski definition) is 4. The topological polar surface area (TPSA) is 55.8 Å². The van der Waals surface area contributed by atoms with Crippen LogP contribution in [0.3, 0.4) is 0 Å². The molecule has 23 heavy (non-hydrogen) atoms. The third-order valence-corrected chi connectivity index (χ3v) is 4.03. The van der Waals surface area contributed by atoms with E-state index in [2.05, 4.69) is 0 Å². The minimum Gasteiger partial charge on any atom is -0.497 e. The first-order chi connectivity index (χ1) is 10.9. The summed E-state index contributed by atoms with van der Waals surface area (Å²) < 4.78 is 9.88. The number of methoxy groups -OCH3 is 2. The Kier molecular flexibility index (Phi) is 7.59. The van der Waals surface area contributed by atoms with Crippen molar-refractivity contribution in [3.8, 4) is 5.75 Å². The van der Waals surface area contributed by atoms with Crippen LogP contribution in [0.5, 0.6) is 5.75 Å². The van der Waals surface area contributed by atoms with Gasteiger partial charge in [-0.15, -0.1) is 0 Å². The number of rotatable bonds is 8. The van der Waals surface area contributed by atoms with Gasteiger partial charge in [0.15, 0.2) is 0 Å². The van der Waals surface area contributed by atoms with Crippen molar-refractivity contribution in [1.29, 1.82) is 0 Å². The molecule has 0 radical (unpaired) electrons. The molecule has 1 aromatic carbocycles. The SMILES string of the molecule is CCC(C)N(CC(C)C(=O)OC)C(=O)Cc1ccc(OC)cc1. The van der Waals surface area contributed by atoms with Gasteiger partial charge < -0.3 is 14.4 Å². The highest BCUT2D eigenvalue weighted by molar-refractivity contribution is 5.80. The Labute approximate surface area is 138 Å². The molecule has 0 aliphatic rings. The van der Waals surface area contributed by atoms with Crippen LogP contribution in [0.25, 0.3) is 0 Å². The summed E-state index contributed by atoms with van der Waals surface area (Å²) in [6, 6.07) is 7.53. The number of ether oxygens (including phenoxy) is 2. The second kappa shape index (κ2) is 9.18. The fourth-order valence-corrected chi connectivity index (χ4v) is 2.34. The van der Waals surface area contributed by atoms with Gasteiger partial charge in [0, 0.05) is 12.6 Å². The molecule has 0 aliphatic carbocycles. The van der Waals surface area contributed by atoms with Crippen LogP contribution in [0.15, 0.2) is 24.3 Å². The predicted molar refractivity (Wildman–Crippen MR) is 89.3 cm³/mol. The number of carbonyl (C=O) groups excluding carboxylic acids is 2. The minimum atomic E-state index is -0.339. The second-order valence-corrected chi connectivity index (χ2v) is 5.75. The fourth-order valence-electron chi connectivity index (χ4n) is 2.34. The Morgan fingerprint density at radius 3 is 2.22 bits per heavy atom. The van der Waals surface area contributed by atoms with Crippen LogP contribution in [0, 0.1) is 5.92 Å². The number of nitrogens with zero attached hydrogens (tertiary/aromatic N) is 1. The van der Waals surface area contributed by atoms with Crippen LogP contribution >= 0.6 is 0 Å². The quantitative estimate of drug-likeness (QED) is 0.691. The second-order valence-electron chi connectivity index (χ2n) is 5.75. The van der Waals surface area contributed by atoms with Crippen LogP contribution in [0.4, 0.5) is 0 Å². The number of benzene rings is 1. The zero-order valence-corrected chi connectivity index (χ0v) is 14.7. The lowest BCUT2D eigenvalue weighted by Gasteiger charge is -2.30. The van der Waals surface area contributed by atoms with Crippen molar-refractivity contribution < 1.29 is 19.1 Å². The Hall–Kier alpha value is -2.04. The first-order valence-electron chi connectivity index (χ1n) is 7.93. The number of esters is 1. The molecule has 1 aromatic rings. The zero-order valence-electron chi connectivity index (χ0n) is 14.7. The maximum atomic E-state index is 12.7. The minimum absolute atomic E-state index is 0.0141. The first kappa shape index (κ1) is 19.0. The summed E-state index contributed by atoms with van der Waals surface area (Å²) in [5.41, 5.74) is 0.926. The van der Waals surface area contributed by atoms with Crippen molar-refractivity contribution in [2.75, 3.05) is 20.8 Å². The van der Waals surface area contributed by atoms with E-state index in [1.807, 2.05) is 38.1 Å². The van der Waals surface area contributed by atoms with Gasteiger partial charge >= 0.3 is 5.97 Å². The number of amides is 1. The molecule has 1 rings (SSSR count). The van der Waals surface area contributed by atoms with E-state index in [1.54, 1.807) is 18.9 Å². The molecule has 0 saturated heterocycles. The lowest BCUT2D eigenvalue weighted by atomic mass is 10.1. The largest absolute Gasteiger partial charge is 0.497 e.